The smallest absolute Gasteiger partial charge is 0.435 e. The summed E-state index contributed by atoms with van der Waals surface area (Å²) in [5.41, 5.74) is 5.03. The number of alkyl halides is 3. The molecule has 0 atom stereocenters. The second kappa shape index (κ2) is 5.32. The first-order chi connectivity index (χ1) is 10.5. The highest BCUT2D eigenvalue weighted by atomic mass is 19.4. The molecule has 1 aliphatic rings. The average molecular weight is 311 g/mol. The molecule has 0 radical (unpaired) electrons. The molecule has 0 bridgehead atoms. The van der Waals surface area contributed by atoms with E-state index in [9.17, 15) is 13.2 Å². The van der Waals surface area contributed by atoms with Gasteiger partial charge in [-0.3, -0.25) is 0 Å². The van der Waals surface area contributed by atoms with E-state index >= 15 is 0 Å². The predicted molar refractivity (Wildman–Crippen MR) is 71.7 cm³/mol. The van der Waals surface area contributed by atoms with Crippen LogP contribution >= 0.6 is 0 Å². The second-order valence-electron chi connectivity index (χ2n) is 4.68. The summed E-state index contributed by atoms with van der Waals surface area (Å²) in [7, 11) is 0. The minimum Gasteiger partial charge on any atom is -0.501 e. The van der Waals surface area contributed by atoms with Crippen molar-refractivity contribution in [2.75, 3.05) is 12.3 Å². The lowest BCUT2D eigenvalue weighted by atomic mass is 10.0. The van der Waals surface area contributed by atoms with E-state index in [-0.39, 0.29) is 17.3 Å². The van der Waals surface area contributed by atoms with Gasteiger partial charge in [-0.1, -0.05) is 0 Å². The van der Waals surface area contributed by atoms with Gasteiger partial charge >= 0.3 is 6.18 Å². The fourth-order valence-corrected chi connectivity index (χ4v) is 2.25. The molecule has 0 saturated heterocycles. The van der Waals surface area contributed by atoms with Crippen molar-refractivity contribution in [2.24, 2.45) is 0 Å². The Kier molecular flexibility index (Phi) is 3.47. The molecule has 3 heterocycles. The number of hydrogen-bond donors (Lipinski definition) is 1. The maximum Gasteiger partial charge on any atom is 0.435 e. The molecule has 1 aliphatic heterocycles. The molecular weight excluding hydrogens is 299 g/mol. The summed E-state index contributed by atoms with van der Waals surface area (Å²) in [5.74, 6) is -0.177. The van der Waals surface area contributed by atoms with Gasteiger partial charge in [0.25, 0.3) is 5.95 Å². The molecule has 116 valence electrons. The molecule has 0 aromatic carbocycles. The monoisotopic (exact) mass is 311 g/mol. The topological polar surface area (TPSA) is 78.9 Å². The number of nitrogen functional groups attached to an aromatic ring is 1. The second-order valence-corrected chi connectivity index (χ2v) is 4.68. The lowest BCUT2D eigenvalue weighted by Crippen LogP contribution is -2.11. The van der Waals surface area contributed by atoms with Crippen molar-refractivity contribution in [3.8, 4) is 5.95 Å². The number of aromatic nitrogens is 4. The molecule has 22 heavy (non-hydrogen) atoms. The van der Waals surface area contributed by atoms with Crippen molar-refractivity contribution < 1.29 is 17.9 Å². The lowest BCUT2D eigenvalue weighted by molar-refractivity contribution is -0.141. The molecule has 2 N–H and O–H groups in total. The first-order valence-corrected chi connectivity index (χ1v) is 6.52. The highest BCUT2D eigenvalue weighted by Crippen LogP contribution is 2.39. The first kappa shape index (κ1) is 14.4. The Bertz CT molecular complexity index is 708. The maximum atomic E-state index is 13.3. The van der Waals surface area contributed by atoms with Gasteiger partial charge < -0.3 is 10.5 Å². The van der Waals surface area contributed by atoms with Crippen molar-refractivity contribution in [3.63, 3.8) is 0 Å². The molecule has 3 rings (SSSR count). The molecule has 0 unspecified atom stereocenters. The number of rotatable bonds is 2. The van der Waals surface area contributed by atoms with Gasteiger partial charge in [-0.2, -0.15) is 23.0 Å². The van der Waals surface area contributed by atoms with E-state index in [1.165, 1.54) is 18.7 Å². The zero-order valence-corrected chi connectivity index (χ0v) is 11.3. The fraction of sp³-hybridized carbons (Fsp3) is 0.308. The minimum atomic E-state index is -4.64. The highest BCUT2D eigenvalue weighted by Gasteiger charge is 2.40. The van der Waals surface area contributed by atoms with E-state index < -0.39 is 11.9 Å². The van der Waals surface area contributed by atoms with E-state index in [0.717, 1.165) is 4.68 Å². The molecule has 0 fully saturated rings. The van der Waals surface area contributed by atoms with Gasteiger partial charge in [0.2, 0.25) is 0 Å². The number of anilines is 1. The van der Waals surface area contributed by atoms with Crippen LogP contribution in [-0.4, -0.2) is 26.4 Å². The molecule has 0 aliphatic carbocycles. The summed E-state index contributed by atoms with van der Waals surface area (Å²) in [6.07, 6.45) is 0.535. The van der Waals surface area contributed by atoms with Crippen molar-refractivity contribution in [1.82, 2.24) is 19.7 Å². The van der Waals surface area contributed by atoms with E-state index in [2.05, 4.69) is 15.1 Å². The summed E-state index contributed by atoms with van der Waals surface area (Å²) in [5, 5.41) is 3.57. The molecule has 2 aromatic heterocycles. The van der Waals surface area contributed by atoms with Crippen LogP contribution in [-0.2, 0) is 10.9 Å². The average Bonchev–Trinajstić information content (AvgIpc) is 2.87. The van der Waals surface area contributed by atoms with Crippen LogP contribution in [0.4, 0.5) is 19.0 Å². The first-order valence-electron chi connectivity index (χ1n) is 6.52. The van der Waals surface area contributed by atoms with Crippen LogP contribution in [0.25, 0.3) is 11.5 Å². The zero-order valence-electron chi connectivity index (χ0n) is 11.3. The van der Waals surface area contributed by atoms with Crippen LogP contribution in [0.2, 0.25) is 0 Å². The van der Waals surface area contributed by atoms with Crippen LogP contribution in [0.3, 0.4) is 0 Å². The van der Waals surface area contributed by atoms with Crippen molar-refractivity contribution in [2.45, 2.75) is 19.0 Å². The summed E-state index contributed by atoms with van der Waals surface area (Å²) in [6.45, 7) is 0.473. The zero-order chi connectivity index (χ0) is 15.7. The Morgan fingerprint density at radius 2 is 1.95 bits per heavy atom. The third kappa shape index (κ3) is 2.49. The number of nitrogens with two attached hydrogens (primary N) is 1. The Morgan fingerprint density at radius 3 is 2.55 bits per heavy atom. The van der Waals surface area contributed by atoms with E-state index in [1.54, 1.807) is 6.07 Å². The minimum absolute atomic E-state index is 0.0194. The number of halogens is 3. The van der Waals surface area contributed by atoms with Crippen LogP contribution < -0.4 is 5.73 Å². The molecule has 2 aromatic rings. The van der Waals surface area contributed by atoms with Crippen LogP contribution in [0.1, 0.15) is 24.1 Å². The van der Waals surface area contributed by atoms with Crippen LogP contribution in [0, 0.1) is 0 Å². The number of allylic oxidation sites excluding steroid dienone is 1. The van der Waals surface area contributed by atoms with Crippen molar-refractivity contribution in [1.29, 1.82) is 0 Å². The van der Waals surface area contributed by atoms with Gasteiger partial charge in [-0.15, -0.1) is 0 Å². The summed E-state index contributed by atoms with van der Waals surface area (Å²) < 4.78 is 45.8. The fourth-order valence-electron chi connectivity index (χ4n) is 2.25. The lowest BCUT2D eigenvalue weighted by Gasteiger charge is -2.15. The largest absolute Gasteiger partial charge is 0.501 e. The Morgan fingerprint density at radius 1 is 1.23 bits per heavy atom. The molecule has 0 saturated carbocycles. The van der Waals surface area contributed by atoms with Gasteiger partial charge in [0.15, 0.2) is 5.69 Å². The third-order valence-corrected chi connectivity index (χ3v) is 3.19. The summed E-state index contributed by atoms with van der Waals surface area (Å²) in [6, 6.07) is 1.55. The van der Waals surface area contributed by atoms with E-state index in [4.69, 9.17) is 10.5 Å². The van der Waals surface area contributed by atoms with Gasteiger partial charge in [-0.05, 0) is 24.5 Å². The molecule has 0 spiro atoms. The number of hydrogen-bond acceptors (Lipinski definition) is 5. The summed E-state index contributed by atoms with van der Waals surface area (Å²) >= 11 is 0. The number of nitrogens with zero attached hydrogens (tertiary/aromatic N) is 4. The highest BCUT2D eigenvalue weighted by molar-refractivity contribution is 5.76. The molecular formula is C13H12F3N5O. The van der Waals surface area contributed by atoms with Crippen LogP contribution in [0.5, 0.6) is 0 Å². The van der Waals surface area contributed by atoms with Crippen LogP contribution in [0.15, 0.2) is 24.7 Å². The standard InChI is InChI=1S/C13H12F3N5O/c14-13(15,16)10-9(8-3-1-6-22-7-8)11(17)21(20-10)12-18-4-2-5-19-12/h2,4-5,7H,1,3,6,17H2. The quantitative estimate of drug-likeness (QED) is 0.921. The predicted octanol–water partition coefficient (Wildman–Crippen LogP) is 2.41. The van der Waals surface area contributed by atoms with Gasteiger partial charge in [0, 0.05) is 12.4 Å². The Hall–Kier alpha value is -2.58. The SMILES string of the molecule is Nc1c(C2=COCCC2)c(C(F)(F)F)nn1-c1ncccn1. The summed E-state index contributed by atoms with van der Waals surface area (Å²) in [4.78, 5) is 7.77. The molecule has 0 amide bonds. The normalized spacial score (nSPS) is 15.3. The van der Waals surface area contributed by atoms with E-state index in [0.29, 0.717) is 25.0 Å². The van der Waals surface area contributed by atoms with Crippen molar-refractivity contribution in [3.05, 3.63) is 36.0 Å². The van der Waals surface area contributed by atoms with Gasteiger partial charge in [0.05, 0.1) is 18.4 Å². The van der Waals surface area contributed by atoms with Crippen molar-refractivity contribution >= 4 is 11.4 Å². The van der Waals surface area contributed by atoms with Gasteiger partial charge in [0.1, 0.15) is 5.82 Å². The van der Waals surface area contributed by atoms with Gasteiger partial charge in [-0.25, -0.2) is 9.97 Å². The third-order valence-electron chi connectivity index (χ3n) is 3.19. The maximum absolute atomic E-state index is 13.3. The van der Waals surface area contributed by atoms with E-state index in [1.807, 2.05) is 0 Å². The molecule has 6 nitrogen and oxygen atoms in total. The Balaban J connectivity index is 2.19. The number of ether oxygens (including phenoxy) is 1. The molecule has 9 heteroatoms. The Labute approximate surface area is 123 Å².